The molecule has 7 heteroatoms. The fourth-order valence-corrected chi connectivity index (χ4v) is 7.53. The van der Waals surface area contributed by atoms with Crippen LogP contribution in [0, 0.1) is 11.8 Å². The van der Waals surface area contributed by atoms with Crippen LogP contribution >= 0.6 is 0 Å². The maximum Gasteiger partial charge on any atom is 0.324 e. The van der Waals surface area contributed by atoms with Crippen LogP contribution in [0.4, 0.5) is 4.79 Å². The largest absolute Gasteiger partial charge is 0.336 e. The number of carbonyl (C=O) groups is 3. The number of benzene rings is 1. The van der Waals surface area contributed by atoms with E-state index in [1.165, 1.54) is 42.7 Å². The first-order valence-corrected chi connectivity index (χ1v) is 14.0. The first kappa shape index (κ1) is 23.7. The highest BCUT2D eigenvalue weighted by Crippen LogP contribution is 2.45. The molecule has 4 fully saturated rings. The van der Waals surface area contributed by atoms with Crippen LogP contribution in [-0.4, -0.2) is 76.8 Å². The lowest BCUT2D eigenvalue weighted by Crippen LogP contribution is -2.60. The Morgan fingerprint density at radius 2 is 1.92 bits per heavy atom. The van der Waals surface area contributed by atoms with Crippen LogP contribution in [0.3, 0.4) is 0 Å². The summed E-state index contributed by atoms with van der Waals surface area (Å²) in [6.45, 7) is 3.48. The van der Waals surface area contributed by atoms with Crippen molar-refractivity contribution in [2.75, 3.05) is 26.2 Å². The predicted molar refractivity (Wildman–Crippen MR) is 137 cm³/mol. The third-order valence-electron chi connectivity index (χ3n) is 9.20. The number of urea groups is 1. The number of imide groups is 1. The number of hydrogen-bond donors (Lipinski definition) is 1. The van der Waals surface area contributed by atoms with Crippen molar-refractivity contribution in [2.45, 2.75) is 75.9 Å². The average molecular weight is 491 g/mol. The summed E-state index contributed by atoms with van der Waals surface area (Å²) in [5.74, 6) is 1.11. The van der Waals surface area contributed by atoms with Crippen LogP contribution in [0.5, 0.6) is 0 Å². The smallest absolute Gasteiger partial charge is 0.324 e. The molecular formula is C29H38N4O3. The van der Waals surface area contributed by atoms with Gasteiger partial charge in [-0.05, 0) is 68.9 Å². The van der Waals surface area contributed by atoms with Gasteiger partial charge in [0.1, 0.15) is 6.04 Å². The van der Waals surface area contributed by atoms with Gasteiger partial charge in [-0.25, -0.2) is 4.79 Å². The Bertz CT molecular complexity index is 1040. The highest BCUT2D eigenvalue weighted by atomic mass is 16.2. The second-order valence-electron chi connectivity index (χ2n) is 11.4. The molecule has 4 aliphatic heterocycles. The maximum absolute atomic E-state index is 13.5. The number of amides is 4. The van der Waals surface area contributed by atoms with Gasteiger partial charge < -0.3 is 10.2 Å². The Balaban J connectivity index is 1.07. The van der Waals surface area contributed by atoms with Gasteiger partial charge in [0.2, 0.25) is 5.91 Å². The summed E-state index contributed by atoms with van der Waals surface area (Å²) in [4.78, 5) is 45.0. The van der Waals surface area contributed by atoms with E-state index in [-0.39, 0.29) is 23.9 Å². The van der Waals surface area contributed by atoms with E-state index >= 15 is 0 Å². The highest BCUT2D eigenvalue weighted by Gasteiger charge is 2.47. The first-order valence-electron chi connectivity index (χ1n) is 14.0. The zero-order chi connectivity index (χ0) is 24.6. The minimum absolute atomic E-state index is 0.134. The average Bonchev–Trinajstić information content (AvgIpc) is 3.18. The molecule has 1 aromatic carbocycles. The fraction of sp³-hybridized carbons (Fsp3) is 0.621. The molecule has 1 aliphatic carbocycles. The van der Waals surface area contributed by atoms with Crippen molar-refractivity contribution >= 4 is 17.8 Å². The topological polar surface area (TPSA) is 73.0 Å². The molecule has 7 nitrogen and oxygen atoms in total. The molecule has 1 aromatic rings. The third kappa shape index (κ3) is 4.47. The monoisotopic (exact) mass is 490 g/mol. The van der Waals surface area contributed by atoms with Crippen molar-refractivity contribution in [3.05, 3.63) is 47.5 Å². The number of carbonyl (C=O) groups excluding carboxylic acids is 3. The molecule has 0 spiro atoms. The molecule has 4 saturated heterocycles. The Morgan fingerprint density at radius 1 is 1.06 bits per heavy atom. The lowest BCUT2D eigenvalue weighted by molar-refractivity contribution is -0.136. The van der Waals surface area contributed by atoms with Crippen LogP contribution in [0.15, 0.2) is 42.0 Å². The van der Waals surface area contributed by atoms with E-state index in [0.29, 0.717) is 43.7 Å². The number of fused-ring (bicyclic) bond motifs is 6. The van der Waals surface area contributed by atoms with Gasteiger partial charge in [0, 0.05) is 32.1 Å². The molecule has 0 aromatic heterocycles. The van der Waals surface area contributed by atoms with E-state index in [4.69, 9.17) is 0 Å². The van der Waals surface area contributed by atoms with Crippen molar-refractivity contribution in [1.29, 1.82) is 0 Å². The summed E-state index contributed by atoms with van der Waals surface area (Å²) >= 11 is 0. The van der Waals surface area contributed by atoms with E-state index in [2.05, 4.69) is 21.2 Å². The van der Waals surface area contributed by atoms with Crippen LogP contribution in [-0.2, 0) is 16.0 Å². The summed E-state index contributed by atoms with van der Waals surface area (Å²) in [5.41, 5.74) is 2.58. The number of rotatable bonds is 6. The Labute approximate surface area is 213 Å². The maximum atomic E-state index is 13.5. The SMILES string of the molecule is O=C1N[C@H](CCC(=O)N2CCCC3=C[C@H]4C[C@@H](CN5CCCC[C@H]45)[C@@H]32)C(=O)N1CCc1ccccc1. The van der Waals surface area contributed by atoms with Crippen molar-refractivity contribution < 1.29 is 14.4 Å². The van der Waals surface area contributed by atoms with Crippen LogP contribution in [0.25, 0.3) is 0 Å². The molecule has 0 radical (unpaired) electrons. The van der Waals surface area contributed by atoms with Gasteiger partial charge in [-0.2, -0.15) is 0 Å². The number of piperidine rings is 3. The van der Waals surface area contributed by atoms with Crippen LogP contribution < -0.4 is 5.32 Å². The van der Waals surface area contributed by atoms with Gasteiger partial charge in [0.15, 0.2) is 0 Å². The first-order chi connectivity index (χ1) is 17.6. The van der Waals surface area contributed by atoms with Gasteiger partial charge in [-0.15, -0.1) is 0 Å². The van der Waals surface area contributed by atoms with Crippen LogP contribution in [0.2, 0.25) is 0 Å². The Morgan fingerprint density at radius 3 is 2.78 bits per heavy atom. The van der Waals surface area contributed by atoms with Gasteiger partial charge >= 0.3 is 6.03 Å². The zero-order valence-corrected chi connectivity index (χ0v) is 21.1. The zero-order valence-electron chi connectivity index (χ0n) is 21.1. The van der Waals surface area contributed by atoms with Crippen molar-refractivity contribution in [2.24, 2.45) is 11.8 Å². The van der Waals surface area contributed by atoms with Crippen LogP contribution in [0.1, 0.15) is 56.9 Å². The van der Waals surface area contributed by atoms with E-state index < -0.39 is 6.04 Å². The quantitative estimate of drug-likeness (QED) is 0.490. The minimum atomic E-state index is -0.600. The number of likely N-dealkylation sites (tertiary alicyclic amines) is 1. The van der Waals surface area contributed by atoms with Crippen molar-refractivity contribution in [3.63, 3.8) is 0 Å². The Kier molecular flexibility index (Phi) is 6.59. The summed E-state index contributed by atoms with van der Waals surface area (Å²) in [6.07, 6.45) is 11.1. The molecule has 192 valence electrons. The number of nitrogens with zero attached hydrogens (tertiary/aromatic N) is 3. The summed E-state index contributed by atoms with van der Waals surface area (Å²) in [5, 5.41) is 2.82. The molecule has 5 atom stereocenters. The lowest BCUT2D eigenvalue weighted by Gasteiger charge is -2.54. The third-order valence-corrected chi connectivity index (χ3v) is 9.20. The molecule has 4 heterocycles. The lowest BCUT2D eigenvalue weighted by atomic mass is 9.68. The van der Waals surface area contributed by atoms with E-state index in [1.807, 2.05) is 30.3 Å². The van der Waals surface area contributed by atoms with Crippen molar-refractivity contribution in [3.8, 4) is 0 Å². The normalized spacial score (nSPS) is 32.0. The molecule has 1 N–H and O–H groups in total. The van der Waals surface area contributed by atoms with Gasteiger partial charge in [-0.1, -0.05) is 48.4 Å². The minimum Gasteiger partial charge on any atom is -0.336 e. The molecule has 36 heavy (non-hydrogen) atoms. The molecule has 2 bridgehead atoms. The highest BCUT2D eigenvalue weighted by molar-refractivity contribution is 6.04. The number of nitrogens with one attached hydrogen (secondary N) is 1. The second kappa shape index (κ2) is 10.0. The van der Waals surface area contributed by atoms with E-state index in [1.54, 1.807) is 0 Å². The molecule has 6 rings (SSSR count). The molecule has 4 amide bonds. The fourth-order valence-electron chi connectivity index (χ4n) is 7.53. The second-order valence-corrected chi connectivity index (χ2v) is 11.4. The van der Waals surface area contributed by atoms with E-state index in [0.717, 1.165) is 31.5 Å². The summed E-state index contributed by atoms with van der Waals surface area (Å²) < 4.78 is 0. The van der Waals surface area contributed by atoms with Gasteiger partial charge in [0.05, 0.1) is 6.04 Å². The Hall–Kier alpha value is -2.67. The standard InChI is InChI=1S/C29H38N4O3/c34-26(12-11-24-28(35)33(29(36)30-24)16-13-20-7-2-1-3-8-20)32-15-6-9-21-17-22-18-23(27(21)32)19-31-14-5-4-10-25(22)31/h1-3,7-8,17,22-25,27H,4-6,9-16,18-19H2,(H,30,36)/t22-,23-,24+,25+,27+/m0/s1. The molecule has 0 saturated carbocycles. The van der Waals surface area contributed by atoms with Crippen molar-refractivity contribution in [1.82, 2.24) is 20.0 Å². The molecule has 5 aliphatic rings. The summed E-state index contributed by atoms with van der Waals surface area (Å²) in [7, 11) is 0. The number of hydrogen-bond acceptors (Lipinski definition) is 4. The predicted octanol–water partition coefficient (Wildman–Crippen LogP) is 3.35. The van der Waals surface area contributed by atoms with Gasteiger partial charge in [0.25, 0.3) is 5.91 Å². The van der Waals surface area contributed by atoms with E-state index in [9.17, 15) is 14.4 Å². The molecule has 0 unspecified atom stereocenters. The summed E-state index contributed by atoms with van der Waals surface area (Å²) in [6, 6.07) is 9.86. The molecular weight excluding hydrogens is 452 g/mol. The van der Waals surface area contributed by atoms with Gasteiger partial charge in [-0.3, -0.25) is 19.4 Å².